The van der Waals surface area contributed by atoms with Crippen molar-refractivity contribution in [1.82, 2.24) is 4.90 Å². The summed E-state index contributed by atoms with van der Waals surface area (Å²) in [7, 11) is 0. The summed E-state index contributed by atoms with van der Waals surface area (Å²) < 4.78 is 23.9. The summed E-state index contributed by atoms with van der Waals surface area (Å²) in [6, 6.07) is 5.56. The van der Waals surface area contributed by atoms with Crippen molar-refractivity contribution >= 4 is 11.9 Å². The summed E-state index contributed by atoms with van der Waals surface area (Å²) in [6.45, 7) is 2.46. The number of benzene rings is 1. The van der Waals surface area contributed by atoms with Crippen molar-refractivity contribution in [2.24, 2.45) is 0 Å². The second-order valence-corrected chi connectivity index (χ2v) is 5.09. The van der Waals surface area contributed by atoms with Crippen LogP contribution in [0.3, 0.4) is 0 Å². The van der Waals surface area contributed by atoms with Gasteiger partial charge in [0, 0.05) is 19.2 Å². The molecule has 1 saturated heterocycles. The smallest absolute Gasteiger partial charge is 0.306 e. The number of carbonyl (C=O) groups is 2. The zero-order valence-corrected chi connectivity index (χ0v) is 12.2. The van der Waals surface area contributed by atoms with Crippen molar-refractivity contribution in [2.75, 3.05) is 19.7 Å². The van der Waals surface area contributed by atoms with Crippen LogP contribution >= 0.6 is 0 Å². The molecule has 1 amide bonds. The first-order chi connectivity index (χ1) is 10.5. The maximum absolute atomic E-state index is 13.1. The van der Waals surface area contributed by atoms with E-state index in [0.717, 1.165) is 0 Å². The predicted octanol–water partition coefficient (Wildman–Crippen LogP) is 1.30. The van der Waals surface area contributed by atoms with Gasteiger partial charge in [-0.05, 0) is 19.1 Å². The van der Waals surface area contributed by atoms with Gasteiger partial charge in [0.1, 0.15) is 11.6 Å². The maximum atomic E-state index is 13.1. The second-order valence-electron chi connectivity index (χ2n) is 5.09. The van der Waals surface area contributed by atoms with Gasteiger partial charge in [0.2, 0.25) is 0 Å². The molecule has 7 heteroatoms. The number of carbonyl (C=O) groups excluding carboxylic acids is 1. The number of morpholine rings is 1. The van der Waals surface area contributed by atoms with Gasteiger partial charge in [-0.25, -0.2) is 4.39 Å². The van der Waals surface area contributed by atoms with Crippen LogP contribution in [0, 0.1) is 5.82 Å². The van der Waals surface area contributed by atoms with E-state index in [1.54, 1.807) is 13.0 Å². The zero-order chi connectivity index (χ0) is 16.1. The van der Waals surface area contributed by atoms with E-state index in [1.807, 2.05) is 0 Å². The highest BCUT2D eigenvalue weighted by molar-refractivity contribution is 5.81. The maximum Gasteiger partial charge on any atom is 0.306 e. The Balaban J connectivity index is 1.93. The molecule has 0 aliphatic carbocycles. The van der Waals surface area contributed by atoms with Crippen LogP contribution in [-0.4, -0.2) is 53.8 Å². The van der Waals surface area contributed by atoms with Gasteiger partial charge in [-0.15, -0.1) is 0 Å². The Hall–Kier alpha value is -2.15. The van der Waals surface area contributed by atoms with Gasteiger partial charge in [-0.3, -0.25) is 9.59 Å². The summed E-state index contributed by atoms with van der Waals surface area (Å²) >= 11 is 0. The van der Waals surface area contributed by atoms with E-state index < -0.39 is 24.0 Å². The lowest BCUT2D eigenvalue weighted by Crippen LogP contribution is -2.50. The van der Waals surface area contributed by atoms with E-state index >= 15 is 0 Å². The molecule has 120 valence electrons. The fourth-order valence-corrected chi connectivity index (χ4v) is 2.29. The van der Waals surface area contributed by atoms with Crippen LogP contribution in [0.25, 0.3) is 0 Å². The van der Waals surface area contributed by atoms with Crippen LogP contribution in [0.5, 0.6) is 5.75 Å². The zero-order valence-electron chi connectivity index (χ0n) is 12.2. The molecule has 0 aromatic heterocycles. The highest BCUT2D eigenvalue weighted by atomic mass is 19.1. The molecule has 1 aliphatic heterocycles. The van der Waals surface area contributed by atoms with Gasteiger partial charge in [0.15, 0.2) is 6.10 Å². The van der Waals surface area contributed by atoms with Crippen LogP contribution in [-0.2, 0) is 14.3 Å². The van der Waals surface area contributed by atoms with Gasteiger partial charge in [-0.1, -0.05) is 6.07 Å². The number of carboxylic acids is 1. The quantitative estimate of drug-likeness (QED) is 0.887. The number of halogens is 1. The minimum absolute atomic E-state index is 0.150. The fraction of sp³-hybridized carbons (Fsp3) is 0.467. The average molecular weight is 311 g/mol. The standard InChI is InChI=1S/C15H18FNO5/c1-10(22-12-4-2-3-11(16)7-12)15(20)17-5-6-21-13(9-17)8-14(18)19/h2-4,7,10,13H,5-6,8-9H2,1H3,(H,18,19)/t10-,13-/m0/s1. The Kier molecular flexibility index (Phi) is 5.32. The first-order valence-electron chi connectivity index (χ1n) is 7.00. The topological polar surface area (TPSA) is 76.1 Å². The molecule has 2 atom stereocenters. The van der Waals surface area contributed by atoms with Crippen molar-refractivity contribution in [3.63, 3.8) is 0 Å². The van der Waals surface area contributed by atoms with Gasteiger partial charge in [-0.2, -0.15) is 0 Å². The number of ether oxygens (including phenoxy) is 2. The van der Waals surface area contributed by atoms with Crippen LogP contribution in [0.2, 0.25) is 0 Å². The number of rotatable bonds is 5. The molecule has 1 aromatic carbocycles. The third kappa shape index (κ3) is 4.42. The van der Waals surface area contributed by atoms with Crippen molar-refractivity contribution < 1.29 is 28.6 Å². The van der Waals surface area contributed by atoms with Crippen LogP contribution in [0.1, 0.15) is 13.3 Å². The summed E-state index contributed by atoms with van der Waals surface area (Å²) in [6.07, 6.45) is -1.45. The van der Waals surface area contributed by atoms with E-state index in [9.17, 15) is 14.0 Å². The number of amides is 1. The molecule has 0 radical (unpaired) electrons. The van der Waals surface area contributed by atoms with Gasteiger partial charge < -0.3 is 19.5 Å². The molecule has 1 aromatic rings. The molecule has 1 fully saturated rings. The highest BCUT2D eigenvalue weighted by Crippen LogP contribution is 2.16. The Morgan fingerprint density at radius 3 is 3.00 bits per heavy atom. The van der Waals surface area contributed by atoms with Gasteiger partial charge >= 0.3 is 5.97 Å². The van der Waals surface area contributed by atoms with Crippen LogP contribution in [0.15, 0.2) is 24.3 Å². The number of hydrogen-bond donors (Lipinski definition) is 1. The number of nitrogens with zero attached hydrogens (tertiary/aromatic N) is 1. The predicted molar refractivity (Wildman–Crippen MR) is 75.1 cm³/mol. The second kappa shape index (κ2) is 7.22. The number of carboxylic acid groups (broad SMARTS) is 1. The lowest BCUT2D eigenvalue weighted by molar-refractivity contribution is -0.151. The third-order valence-electron chi connectivity index (χ3n) is 3.31. The summed E-state index contributed by atoms with van der Waals surface area (Å²) in [4.78, 5) is 24.5. The first-order valence-corrected chi connectivity index (χ1v) is 7.00. The van der Waals surface area contributed by atoms with Crippen LogP contribution < -0.4 is 4.74 Å². The molecule has 2 rings (SSSR count). The average Bonchev–Trinajstić information content (AvgIpc) is 2.46. The Morgan fingerprint density at radius 2 is 2.32 bits per heavy atom. The SMILES string of the molecule is C[C@H](Oc1cccc(F)c1)C(=O)N1CCO[C@@H](CC(=O)O)C1. The van der Waals surface area contributed by atoms with Crippen molar-refractivity contribution in [2.45, 2.75) is 25.6 Å². The molecule has 0 bridgehead atoms. The molecular weight excluding hydrogens is 293 g/mol. The molecule has 6 nitrogen and oxygen atoms in total. The molecule has 1 N–H and O–H groups in total. The van der Waals surface area contributed by atoms with E-state index in [0.29, 0.717) is 6.54 Å². The fourth-order valence-electron chi connectivity index (χ4n) is 2.29. The number of aliphatic carboxylic acids is 1. The summed E-state index contributed by atoms with van der Waals surface area (Å²) in [5, 5.41) is 8.78. The van der Waals surface area contributed by atoms with E-state index in [-0.39, 0.29) is 31.2 Å². The normalized spacial score (nSPS) is 19.5. The Morgan fingerprint density at radius 1 is 1.55 bits per heavy atom. The molecule has 1 aliphatic rings. The third-order valence-corrected chi connectivity index (χ3v) is 3.31. The summed E-state index contributed by atoms with van der Waals surface area (Å²) in [5.74, 6) is -1.41. The Bertz CT molecular complexity index is 550. The van der Waals surface area contributed by atoms with Gasteiger partial charge in [0.05, 0.1) is 19.1 Å². The molecule has 22 heavy (non-hydrogen) atoms. The minimum atomic E-state index is -0.969. The lowest BCUT2D eigenvalue weighted by Gasteiger charge is -2.33. The molecule has 1 heterocycles. The van der Waals surface area contributed by atoms with Gasteiger partial charge in [0.25, 0.3) is 5.91 Å². The van der Waals surface area contributed by atoms with Crippen molar-refractivity contribution in [3.05, 3.63) is 30.1 Å². The summed E-state index contributed by atoms with van der Waals surface area (Å²) in [5.41, 5.74) is 0. The van der Waals surface area contributed by atoms with E-state index in [4.69, 9.17) is 14.6 Å². The van der Waals surface area contributed by atoms with Crippen molar-refractivity contribution in [3.8, 4) is 5.75 Å². The van der Waals surface area contributed by atoms with Crippen molar-refractivity contribution in [1.29, 1.82) is 0 Å². The largest absolute Gasteiger partial charge is 0.481 e. The Labute approximate surface area is 127 Å². The molecule has 0 spiro atoms. The van der Waals surface area contributed by atoms with E-state index in [1.165, 1.54) is 23.1 Å². The molecule has 0 unspecified atom stereocenters. The number of hydrogen-bond acceptors (Lipinski definition) is 4. The lowest BCUT2D eigenvalue weighted by atomic mass is 10.2. The molecular formula is C15H18FNO5. The first kappa shape index (κ1) is 16.2. The minimum Gasteiger partial charge on any atom is -0.481 e. The monoisotopic (exact) mass is 311 g/mol. The molecule has 0 saturated carbocycles. The van der Waals surface area contributed by atoms with E-state index in [2.05, 4.69) is 0 Å². The highest BCUT2D eigenvalue weighted by Gasteiger charge is 2.29. The van der Waals surface area contributed by atoms with Crippen LogP contribution in [0.4, 0.5) is 4.39 Å².